The van der Waals surface area contributed by atoms with Gasteiger partial charge in [0.2, 0.25) is 0 Å². The van der Waals surface area contributed by atoms with Crippen LogP contribution in [0.2, 0.25) is 0 Å². The van der Waals surface area contributed by atoms with E-state index in [2.05, 4.69) is 29.1 Å². The Morgan fingerprint density at radius 1 is 1.41 bits per heavy atom. The van der Waals surface area contributed by atoms with Crippen LogP contribution < -0.4 is 5.32 Å². The molecular weight excluding hydrogens is 214 g/mol. The Kier molecular flexibility index (Phi) is 3.45. The Morgan fingerprint density at radius 2 is 2.18 bits per heavy atom. The van der Waals surface area contributed by atoms with Crippen LogP contribution in [0.25, 0.3) is 0 Å². The maximum absolute atomic E-state index is 5.57. The smallest absolute Gasteiger partial charge is 0.160 e. The molecule has 1 aromatic heterocycles. The van der Waals surface area contributed by atoms with Crippen LogP contribution >= 0.6 is 0 Å². The molecule has 0 aliphatic carbocycles. The largest absolute Gasteiger partial charge is 0.371 e. The van der Waals surface area contributed by atoms with E-state index in [1.807, 2.05) is 6.92 Å². The van der Waals surface area contributed by atoms with E-state index in [0.717, 1.165) is 43.1 Å². The molecule has 4 nitrogen and oxygen atoms in total. The molecule has 0 radical (unpaired) electrons. The fraction of sp³-hybridized carbons (Fsp3) is 0.692. The monoisotopic (exact) mass is 235 g/mol. The Balaban J connectivity index is 2.47. The lowest BCUT2D eigenvalue weighted by Crippen LogP contribution is -2.31. The standard InChI is InChI=1S/C13H21N3O/c1-5-13(3,17-4)12-15-9(2)10-6-7-14-8-11(10)16-12/h14H,5-8H2,1-4H3. The molecule has 0 spiro atoms. The minimum atomic E-state index is -0.378. The highest BCUT2D eigenvalue weighted by molar-refractivity contribution is 5.28. The number of ether oxygens (including phenoxy) is 1. The SMILES string of the molecule is CCC(C)(OC)c1nc(C)c2c(n1)CNCC2. The van der Waals surface area contributed by atoms with Gasteiger partial charge in [0.25, 0.3) is 0 Å². The van der Waals surface area contributed by atoms with Crippen molar-refractivity contribution >= 4 is 0 Å². The topological polar surface area (TPSA) is 47.0 Å². The molecule has 2 heterocycles. The molecule has 2 rings (SSSR count). The first-order valence-corrected chi connectivity index (χ1v) is 6.23. The van der Waals surface area contributed by atoms with E-state index >= 15 is 0 Å². The Morgan fingerprint density at radius 3 is 2.82 bits per heavy atom. The lowest BCUT2D eigenvalue weighted by Gasteiger charge is -2.27. The molecule has 94 valence electrons. The summed E-state index contributed by atoms with van der Waals surface area (Å²) in [6, 6.07) is 0. The summed E-state index contributed by atoms with van der Waals surface area (Å²) in [7, 11) is 1.72. The van der Waals surface area contributed by atoms with Gasteiger partial charge in [-0.05, 0) is 38.8 Å². The summed E-state index contributed by atoms with van der Waals surface area (Å²) in [6.07, 6.45) is 1.90. The van der Waals surface area contributed by atoms with E-state index in [1.165, 1.54) is 5.56 Å². The van der Waals surface area contributed by atoms with E-state index in [9.17, 15) is 0 Å². The summed E-state index contributed by atoms with van der Waals surface area (Å²) < 4.78 is 5.57. The van der Waals surface area contributed by atoms with E-state index < -0.39 is 0 Å². The van der Waals surface area contributed by atoms with Crippen molar-refractivity contribution in [3.05, 3.63) is 22.8 Å². The molecule has 1 aromatic rings. The van der Waals surface area contributed by atoms with Crippen molar-refractivity contribution in [1.82, 2.24) is 15.3 Å². The number of nitrogens with one attached hydrogen (secondary N) is 1. The first-order valence-electron chi connectivity index (χ1n) is 6.23. The molecule has 1 N–H and O–H groups in total. The highest BCUT2D eigenvalue weighted by Crippen LogP contribution is 2.27. The van der Waals surface area contributed by atoms with Gasteiger partial charge in [-0.1, -0.05) is 6.92 Å². The molecule has 1 unspecified atom stereocenters. The highest BCUT2D eigenvalue weighted by Gasteiger charge is 2.29. The van der Waals surface area contributed by atoms with Crippen LogP contribution in [-0.4, -0.2) is 23.6 Å². The summed E-state index contributed by atoms with van der Waals surface area (Å²) in [5.74, 6) is 0.808. The summed E-state index contributed by atoms with van der Waals surface area (Å²) in [5, 5.41) is 3.35. The van der Waals surface area contributed by atoms with Gasteiger partial charge in [-0.15, -0.1) is 0 Å². The Bertz CT molecular complexity index is 413. The molecule has 0 saturated heterocycles. The number of methoxy groups -OCH3 is 1. The van der Waals surface area contributed by atoms with Crippen LogP contribution in [0.4, 0.5) is 0 Å². The molecule has 0 aromatic carbocycles. The van der Waals surface area contributed by atoms with Gasteiger partial charge in [-0.3, -0.25) is 0 Å². The van der Waals surface area contributed by atoms with Crippen molar-refractivity contribution in [1.29, 1.82) is 0 Å². The summed E-state index contributed by atoms with van der Waals surface area (Å²) in [5.41, 5.74) is 3.16. The van der Waals surface area contributed by atoms with Gasteiger partial charge in [0.1, 0.15) is 5.60 Å². The van der Waals surface area contributed by atoms with Crippen LogP contribution in [0.5, 0.6) is 0 Å². The number of aromatic nitrogens is 2. The number of fused-ring (bicyclic) bond motifs is 1. The zero-order valence-corrected chi connectivity index (χ0v) is 11.1. The average molecular weight is 235 g/mol. The van der Waals surface area contributed by atoms with Gasteiger partial charge in [0.15, 0.2) is 5.82 Å². The number of nitrogens with zero attached hydrogens (tertiary/aromatic N) is 2. The molecular formula is C13H21N3O. The van der Waals surface area contributed by atoms with Crippen molar-refractivity contribution in [2.45, 2.75) is 45.8 Å². The van der Waals surface area contributed by atoms with Crippen LogP contribution in [0.3, 0.4) is 0 Å². The van der Waals surface area contributed by atoms with Crippen LogP contribution in [-0.2, 0) is 23.3 Å². The molecule has 17 heavy (non-hydrogen) atoms. The molecule has 1 aliphatic rings. The van der Waals surface area contributed by atoms with E-state index in [1.54, 1.807) is 7.11 Å². The van der Waals surface area contributed by atoms with Crippen molar-refractivity contribution in [2.75, 3.05) is 13.7 Å². The second kappa shape index (κ2) is 4.70. The Hall–Kier alpha value is -1.00. The molecule has 1 aliphatic heterocycles. The second-order valence-corrected chi connectivity index (χ2v) is 4.77. The molecule has 0 bridgehead atoms. The van der Waals surface area contributed by atoms with Crippen LogP contribution in [0.15, 0.2) is 0 Å². The Labute approximate surface area is 103 Å². The molecule has 1 atom stereocenters. The zero-order valence-electron chi connectivity index (χ0n) is 11.1. The third-order valence-electron chi connectivity index (χ3n) is 3.74. The van der Waals surface area contributed by atoms with E-state index in [0.29, 0.717) is 0 Å². The second-order valence-electron chi connectivity index (χ2n) is 4.77. The molecule has 0 saturated carbocycles. The maximum atomic E-state index is 5.57. The van der Waals surface area contributed by atoms with Crippen molar-refractivity contribution in [3.8, 4) is 0 Å². The minimum Gasteiger partial charge on any atom is -0.371 e. The number of hydrogen-bond acceptors (Lipinski definition) is 4. The third kappa shape index (κ3) is 2.19. The maximum Gasteiger partial charge on any atom is 0.160 e. The third-order valence-corrected chi connectivity index (χ3v) is 3.74. The zero-order chi connectivity index (χ0) is 12.5. The first-order chi connectivity index (χ1) is 8.10. The molecule has 0 amide bonds. The van der Waals surface area contributed by atoms with Crippen molar-refractivity contribution < 1.29 is 4.74 Å². The summed E-state index contributed by atoms with van der Waals surface area (Å²) in [6.45, 7) is 8.08. The van der Waals surface area contributed by atoms with Gasteiger partial charge < -0.3 is 10.1 Å². The van der Waals surface area contributed by atoms with Crippen molar-refractivity contribution in [3.63, 3.8) is 0 Å². The minimum absolute atomic E-state index is 0.378. The quantitative estimate of drug-likeness (QED) is 0.866. The normalized spacial score (nSPS) is 18.6. The van der Waals surface area contributed by atoms with Gasteiger partial charge in [0.05, 0.1) is 5.69 Å². The van der Waals surface area contributed by atoms with Crippen LogP contribution in [0.1, 0.15) is 43.0 Å². The number of aryl methyl sites for hydroxylation is 1. The summed E-state index contributed by atoms with van der Waals surface area (Å²) >= 11 is 0. The average Bonchev–Trinajstić information content (AvgIpc) is 2.38. The van der Waals surface area contributed by atoms with E-state index in [-0.39, 0.29) is 5.60 Å². The number of rotatable bonds is 3. The van der Waals surface area contributed by atoms with Crippen LogP contribution in [0, 0.1) is 6.92 Å². The number of hydrogen-bond donors (Lipinski definition) is 1. The van der Waals surface area contributed by atoms with Gasteiger partial charge >= 0.3 is 0 Å². The van der Waals surface area contributed by atoms with Gasteiger partial charge in [-0.25, -0.2) is 9.97 Å². The van der Waals surface area contributed by atoms with Crippen molar-refractivity contribution in [2.24, 2.45) is 0 Å². The fourth-order valence-corrected chi connectivity index (χ4v) is 2.18. The lowest BCUT2D eigenvalue weighted by molar-refractivity contribution is -0.00937. The highest BCUT2D eigenvalue weighted by atomic mass is 16.5. The molecule has 4 heteroatoms. The summed E-state index contributed by atoms with van der Waals surface area (Å²) in [4.78, 5) is 9.33. The van der Waals surface area contributed by atoms with Gasteiger partial charge in [0, 0.05) is 19.3 Å². The lowest BCUT2D eigenvalue weighted by atomic mass is 9.99. The van der Waals surface area contributed by atoms with Gasteiger partial charge in [-0.2, -0.15) is 0 Å². The molecule has 0 fully saturated rings. The predicted molar refractivity (Wildman–Crippen MR) is 66.8 cm³/mol. The fourth-order valence-electron chi connectivity index (χ4n) is 2.18. The first kappa shape index (κ1) is 12.5. The van der Waals surface area contributed by atoms with E-state index in [4.69, 9.17) is 4.74 Å². The predicted octanol–water partition coefficient (Wildman–Crippen LogP) is 1.70.